The van der Waals surface area contributed by atoms with Gasteiger partial charge >= 0.3 is 5.97 Å². The number of benzene rings is 3. The van der Waals surface area contributed by atoms with Crippen molar-refractivity contribution >= 4 is 22.4 Å². The first-order valence-corrected chi connectivity index (χ1v) is 8.90. The maximum atomic E-state index is 10.8. The Bertz CT molecular complexity index is 862. The number of hydrogen-bond donors (Lipinski definition) is 3. The van der Waals surface area contributed by atoms with Crippen LogP contribution in [0, 0.1) is 0 Å². The van der Waals surface area contributed by atoms with Gasteiger partial charge in [0.2, 0.25) is 0 Å². The highest BCUT2D eigenvalue weighted by Crippen LogP contribution is 2.23. The van der Waals surface area contributed by atoms with Crippen LogP contribution in [0.25, 0.3) is 10.8 Å². The molecule has 0 spiro atoms. The molecule has 0 saturated heterocycles. The summed E-state index contributed by atoms with van der Waals surface area (Å²) in [7, 11) is 0. The quantitative estimate of drug-likeness (QED) is 0.668. The van der Waals surface area contributed by atoms with E-state index in [1.54, 1.807) is 6.92 Å². The maximum Gasteiger partial charge on any atom is 0.325 e. The van der Waals surface area contributed by atoms with Gasteiger partial charge in [0.05, 0.1) is 0 Å². The van der Waals surface area contributed by atoms with Gasteiger partial charge < -0.3 is 15.7 Å². The maximum absolute atomic E-state index is 10.8. The Morgan fingerprint density at radius 3 is 2.46 bits per heavy atom. The summed E-state index contributed by atoms with van der Waals surface area (Å²) in [5, 5.41) is 17.3. The molecule has 3 aromatic rings. The van der Waals surface area contributed by atoms with Crippen molar-refractivity contribution in [3.63, 3.8) is 0 Å². The van der Waals surface area contributed by atoms with Gasteiger partial charge in [-0.25, -0.2) is 0 Å². The molecule has 0 radical (unpaired) electrons. The van der Waals surface area contributed by atoms with E-state index in [0.717, 1.165) is 29.5 Å². The Morgan fingerprint density at radius 2 is 1.69 bits per heavy atom. The van der Waals surface area contributed by atoms with E-state index in [1.807, 2.05) is 42.5 Å². The molecule has 0 amide bonds. The molecule has 1 aliphatic heterocycles. The van der Waals surface area contributed by atoms with E-state index in [1.165, 1.54) is 17.5 Å². The largest absolute Gasteiger partial charge is 0.480 e. The van der Waals surface area contributed by atoms with Gasteiger partial charge in [-0.1, -0.05) is 60.7 Å². The third-order valence-electron chi connectivity index (χ3n) is 4.54. The molecule has 0 aromatic heterocycles. The Hall–Kier alpha value is -2.85. The molecule has 26 heavy (non-hydrogen) atoms. The number of fused-ring (bicyclic) bond motifs is 2. The van der Waals surface area contributed by atoms with E-state index in [2.05, 4.69) is 34.9 Å². The minimum atomic E-state index is -0.854. The lowest BCUT2D eigenvalue weighted by atomic mass is 10.0. The number of rotatable bonds is 3. The molecule has 0 aliphatic carbocycles. The van der Waals surface area contributed by atoms with Crippen LogP contribution in [0.5, 0.6) is 0 Å². The standard InChI is InChI=1S/C13H13NO2.C9H11N/c1-9(13(15)16)14-12-8-4-6-10-5-2-3-7-11(10)12;1-2-4-9-7-10-6-5-8(9)3-1/h2-9,14H,1H3,(H,15,16);1-4,10H,5-7H2/t9-;/m0./s1. The van der Waals surface area contributed by atoms with Crippen molar-refractivity contribution in [2.45, 2.75) is 25.9 Å². The Kier molecular flexibility index (Phi) is 5.87. The molecular weight excluding hydrogens is 324 g/mol. The Balaban J connectivity index is 0.000000167. The van der Waals surface area contributed by atoms with Crippen LogP contribution in [0.3, 0.4) is 0 Å². The van der Waals surface area contributed by atoms with Crippen LogP contribution < -0.4 is 10.6 Å². The van der Waals surface area contributed by atoms with E-state index in [-0.39, 0.29) is 0 Å². The number of hydrogen-bond acceptors (Lipinski definition) is 3. The molecule has 3 N–H and O–H groups in total. The molecule has 134 valence electrons. The van der Waals surface area contributed by atoms with Gasteiger partial charge in [-0.15, -0.1) is 0 Å². The lowest BCUT2D eigenvalue weighted by Gasteiger charge is -2.15. The molecule has 1 aliphatic rings. The summed E-state index contributed by atoms with van der Waals surface area (Å²) in [5.74, 6) is -0.854. The SMILES string of the molecule is C[C@H](Nc1cccc2ccccc12)C(=O)O.c1ccc2c(c1)CCNC2. The first-order chi connectivity index (χ1) is 12.6. The Labute approximate surface area is 153 Å². The van der Waals surface area contributed by atoms with Crippen molar-refractivity contribution in [3.05, 3.63) is 77.9 Å². The summed E-state index contributed by atoms with van der Waals surface area (Å²) in [4.78, 5) is 10.8. The number of nitrogens with one attached hydrogen (secondary N) is 2. The molecule has 0 bridgehead atoms. The van der Waals surface area contributed by atoms with Crippen molar-refractivity contribution in [3.8, 4) is 0 Å². The molecule has 4 heteroatoms. The molecule has 3 aromatic carbocycles. The minimum absolute atomic E-state index is 0.592. The van der Waals surface area contributed by atoms with Crippen LogP contribution in [-0.4, -0.2) is 23.7 Å². The van der Waals surface area contributed by atoms with E-state index < -0.39 is 12.0 Å². The van der Waals surface area contributed by atoms with Gasteiger partial charge in [-0.05, 0) is 42.5 Å². The molecule has 4 rings (SSSR count). The first kappa shape index (κ1) is 18.0. The van der Waals surface area contributed by atoms with Crippen molar-refractivity contribution in [2.24, 2.45) is 0 Å². The summed E-state index contributed by atoms with van der Waals surface area (Å²) in [6.07, 6.45) is 1.19. The van der Waals surface area contributed by atoms with Crippen LogP contribution in [-0.2, 0) is 17.8 Å². The summed E-state index contributed by atoms with van der Waals surface area (Å²) >= 11 is 0. The van der Waals surface area contributed by atoms with Crippen molar-refractivity contribution < 1.29 is 9.90 Å². The molecule has 0 unspecified atom stereocenters. The van der Waals surface area contributed by atoms with E-state index >= 15 is 0 Å². The smallest absolute Gasteiger partial charge is 0.325 e. The summed E-state index contributed by atoms with van der Waals surface area (Å²) in [6, 6.07) is 21.7. The zero-order chi connectivity index (χ0) is 18.4. The molecule has 4 nitrogen and oxygen atoms in total. The van der Waals surface area contributed by atoms with E-state index in [9.17, 15) is 4.79 Å². The highest BCUT2D eigenvalue weighted by Gasteiger charge is 2.11. The monoisotopic (exact) mass is 348 g/mol. The zero-order valence-corrected chi connectivity index (χ0v) is 14.9. The second-order valence-corrected chi connectivity index (χ2v) is 6.43. The lowest BCUT2D eigenvalue weighted by molar-refractivity contribution is -0.137. The first-order valence-electron chi connectivity index (χ1n) is 8.90. The topological polar surface area (TPSA) is 61.4 Å². The fourth-order valence-corrected chi connectivity index (χ4v) is 3.07. The number of carbonyl (C=O) groups is 1. The normalized spacial score (nSPS) is 13.9. The summed E-state index contributed by atoms with van der Waals surface area (Å²) in [6.45, 7) is 3.82. The number of aliphatic carboxylic acids is 1. The van der Waals surface area contributed by atoms with Crippen molar-refractivity contribution in [1.29, 1.82) is 0 Å². The molecule has 0 saturated carbocycles. The van der Waals surface area contributed by atoms with Gasteiger partial charge in [-0.2, -0.15) is 0 Å². The predicted molar refractivity (Wildman–Crippen MR) is 107 cm³/mol. The number of carboxylic acids is 1. The van der Waals surface area contributed by atoms with Crippen LogP contribution in [0.15, 0.2) is 66.7 Å². The fraction of sp³-hybridized carbons (Fsp3) is 0.227. The van der Waals surface area contributed by atoms with Crippen molar-refractivity contribution in [2.75, 3.05) is 11.9 Å². The second-order valence-electron chi connectivity index (χ2n) is 6.43. The Morgan fingerprint density at radius 1 is 1.00 bits per heavy atom. The highest BCUT2D eigenvalue weighted by atomic mass is 16.4. The number of carboxylic acid groups (broad SMARTS) is 1. The van der Waals surface area contributed by atoms with Gasteiger partial charge in [0.25, 0.3) is 0 Å². The zero-order valence-electron chi connectivity index (χ0n) is 14.9. The van der Waals surface area contributed by atoms with Crippen LogP contribution in [0.1, 0.15) is 18.1 Å². The fourth-order valence-electron chi connectivity index (χ4n) is 3.07. The van der Waals surface area contributed by atoms with Gasteiger partial charge in [0.15, 0.2) is 0 Å². The average molecular weight is 348 g/mol. The van der Waals surface area contributed by atoms with Crippen molar-refractivity contribution in [1.82, 2.24) is 5.32 Å². The highest BCUT2D eigenvalue weighted by molar-refractivity contribution is 5.95. The van der Waals surface area contributed by atoms with Gasteiger partial charge in [-0.3, -0.25) is 4.79 Å². The molecular formula is C22H24N2O2. The third kappa shape index (κ3) is 4.41. The van der Waals surface area contributed by atoms with E-state index in [0.29, 0.717) is 0 Å². The molecule has 0 fully saturated rings. The van der Waals surface area contributed by atoms with Crippen LogP contribution in [0.2, 0.25) is 0 Å². The van der Waals surface area contributed by atoms with E-state index in [4.69, 9.17) is 5.11 Å². The van der Waals surface area contributed by atoms with Gasteiger partial charge in [0.1, 0.15) is 6.04 Å². The lowest BCUT2D eigenvalue weighted by Crippen LogP contribution is -2.25. The third-order valence-corrected chi connectivity index (χ3v) is 4.54. The second kappa shape index (κ2) is 8.50. The molecule has 1 heterocycles. The number of anilines is 1. The van der Waals surface area contributed by atoms with Crippen LogP contribution >= 0.6 is 0 Å². The summed E-state index contributed by atoms with van der Waals surface area (Å²) in [5.41, 5.74) is 3.84. The summed E-state index contributed by atoms with van der Waals surface area (Å²) < 4.78 is 0. The molecule has 1 atom stereocenters. The van der Waals surface area contributed by atoms with Gasteiger partial charge in [0, 0.05) is 17.6 Å². The predicted octanol–water partition coefficient (Wildman–Crippen LogP) is 4.06. The average Bonchev–Trinajstić information content (AvgIpc) is 2.69. The minimum Gasteiger partial charge on any atom is -0.480 e. The van der Waals surface area contributed by atoms with Crippen LogP contribution in [0.4, 0.5) is 5.69 Å².